The van der Waals surface area contributed by atoms with Gasteiger partial charge in [0.2, 0.25) is 0 Å². The summed E-state index contributed by atoms with van der Waals surface area (Å²) in [7, 11) is -2.15. The van der Waals surface area contributed by atoms with Gasteiger partial charge in [-0.3, -0.25) is 4.79 Å². The minimum absolute atomic E-state index is 0.0244. The Morgan fingerprint density at radius 2 is 1.94 bits per heavy atom. The van der Waals surface area contributed by atoms with Gasteiger partial charge in [0.25, 0.3) is 5.79 Å². The number of esters is 1. The van der Waals surface area contributed by atoms with Crippen LogP contribution in [0.1, 0.15) is 50.4 Å². The topological polar surface area (TPSA) is 61.8 Å². The molecule has 0 saturated heterocycles. The molecule has 1 aliphatic heterocycles. The van der Waals surface area contributed by atoms with Crippen LogP contribution in [0.4, 0.5) is 0 Å². The fraction of sp³-hybridized carbons (Fsp3) is 0.520. The van der Waals surface area contributed by atoms with E-state index in [4.69, 9.17) is 13.9 Å². The van der Waals surface area contributed by atoms with Gasteiger partial charge in [-0.05, 0) is 80.1 Å². The number of allylic oxidation sites excluding steroid dienone is 1. The quantitative estimate of drug-likeness (QED) is 0.132. The average Bonchev–Trinajstić information content (AvgIpc) is 2.74. The summed E-state index contributed by atoms with van der Waals surface area (Å²) in [5.41, 5.74) is 0.423. The fourth-order valence-electron chi connectivity index (χ4n) is 2.91. The van der Waals surface area contributed by atoms with Crippen molar-refractivity contribution in [3.63, 3.8) is 0 Å². The SMILES string of the molecule is C=CCCCC1OC(CO[Si](C)(C)C(C)(C)C)(OC(=O)c2ccc(SC)cc2)C=CC1=O. The van der Waals surface area contributed by atoms with Crippen LogP contribution in [0, 0.1) is 0 Å². The van der Waals surface area contributed by atoms with Gasteiger partial charge in [-0.2, -0.15) is 0 Å². The molecule has 2 unspecified atom stereocenters. The second kappa shape index (κ2) is 11.0. The third-order valence-electron chi connectivity index (χ3n) is 6.07. The molecule has 1 aliphatic rings. The minimum atomic E-state index is -2.15. The number of benzene rings is 1. The predicted octanol–water partition coefficient (Wildman–Crippen LogP) is 6.16. The highest BCUT2D eigenvalue weighted by atomic mass is 32.2. The summed E-state index contributed by atoms with van der Waals surface area (Å²) >= 11 is 1.60. The van der Waals surface area contributed by atoms with Crippen molar-refractivity contribution in [2.24, 2.45) is 0 Å². The first-order chi connectivity index (χ1) is 14.9. The van der Waals surface area contributed by atoms with E-state index in [2.05, 4.69) is 40.4 Å². The van der Waals surface area contributed by atoms with Crippen molar-refractivity contribution >= 4 is 31.8 Å². The number of carbonyl (C=O) groups excluding carboxylic acids is 2. The molecule has 7 heteroatoms. The van der Waals surface area contributed by atoms with Gasteiger partial charge in [0.15, 0.2) is 14.1 Å². The normalized spacial score (nSPS) is 21.4. The lowest BCUT2D eigenvalue weighted by Crippen LogP contribution is -2.52. The van der Waals surface area contributed by atoms with Crippen molar-refractivity contribution in [1.82, 2.24) is 0 Å². The molecule has 0 saturated carbocycles. The number of unbranched alkanes of at least 4 members (excludes halogenated alkanes) is 1. The standard InChI is InChI=1S/C25H36O5SSi/c1-8-9-10-11-22-21(26)16-17-25(29-22,18-28-32(6,7)24(2,3)4)30-23(27)19-12-14-20(31-5)15-13-19/h8,12-17,22H,1,9-11,18H2,2-7H3. The Morgan fingerprint density at radius 3 is 2.50 bits per heavy atom. The van der Waals surface area contributed by atoms with Crippen molar-refractivity contribution in [2.45, 2.75) is 75.0 Å². The molecule has 1 aromatic rings. The van der Waals surface area contributed by atoms with E-state index in [-0.39, 0.29) is 17.4 Å². The lowest BCUT2D eigenvalue weighted by Gasteiger charge is -2.41. The lowest BCUT2D eigenvalue weighted by molar-refractivity contribution is -0.217. The van der Waals surface area contributed by atoms with Gasteiger partial charge in [-0.1, -0.05) is 26.8 Å². The second-order valence-corrected chi connectivity index (χ2v) is 15.2. The average molecular weight is 477 g/mol. The van der Waals surface area contributed by atoms with Crippen LogP contribution in [0.2, 0.25) is 18.1 Å². The van der Waals surface area contributed by atoms with Gasteiger partial charge in [-0.15, -0.1) is 18.3 Å². The maximum Gasteiger partial charge on any atom is 0.340 e. The molecular weight excluding hydrogens is 440 g/mol. The van der Waals surface area contributed by atoms with E-state index in [1.54, 1.807) is 23.9 Å². The molecule has 0 aromatic heterocycles. The Balaban J connectivity index is 2.29. The van der Waals surface area contributed by atoms with Crippen LogP contribution < -0.4 is 0 Å². The highest BCUT2D eigenvalue weighted by molar-refractivity contribution is 7.98. The summed E-state index contributed by atoms with van der Waals surface area (Å²) in [6.45, 7) is 14.5. The molecule has 0 fully saturated rings. The molecule has 0 radical (unpaired) electrons. The van der Waals surface area contributed by atoms with E-state index in [1.807, 2.05) is 24.5 Å². The Labute approximate surface area is 197 Å². The molecule has 32 heavy (non-hydrogen) atoms. The first-order valence-corrected chi connectivity index (χ1v) is 15.1. The molecule has 0 N–H and O–H groups in total. The molecule has 2 rings (SSSR count). The third-order valence-corrected chi connectivity index (χ3v) is 11.3. The van der Waals surface area contributed by atoms with Crippen molar-refractivity contribution in [2.75, 3.05) is 12.9 Å². The van der Waals surface area contributed by atoms with Crippen molar-refractivity contribution in [3.8, 4) is 0 Å². The third kappa shape index (κ3) is 6.91. The molecule has 0 amide bonds. The Morgan fingerprint density at radius 1 is 1.28 bits per heavy atom. The minimum Gasteiger partial charge on any atom is -0.423 e. The van der Waals surface area contributed by atoms with Crippen molar-refractivity contribution < 1.29 is 23.5 Å². The van der Waals surface area contributed by atoms with Crippen molar-refractivity contribution in [3.05, 3.63) is 54.6 Å². The molecular formula is C25H36O5SSi. The first kappa shape index (κ1) is 26.6. The Hall–Kier alpha value is -1.67. The summed E-state index contributed by atoms with van der Waals surface area (Å²) in [4.78, 5) is 26.5. The lowest BCUT2D eigenvalue weighted by atomic mass is 10.0. The Bertz CT molecular complexity index is 841. The summed E-state index contributed by atoms with van der Waals surface area (Å²) in [5, 5.41) is -0.0244. The maximum atomic E-state index is 13.0. The predicted molar refractivity (Wildman–Crippen MR) is 133 cm³/mol. The molecule has 176 valence electrons. The van der Waals surface area contributed by atoms with E-state index < -0.39 is 26.2 Å². The number of hydrogen-bond acceptors (Lipinski definition) is 6. The molecule has 1 aromatic carbocycles. The first-order valence-electron chi connectivity index (χ1n) is 11.0. The summed E-state index contributed by atoms with van der Waals surface area (Å²) < 4.78 is 18.4. The molecule has 0 spiro atoms. The van der Waals surface area contributed by atoms with E-state index in [1.165, 1.54) is 12.2 Å². The van der Waals surface area contributed by atoms with Crippen LogP contribution in [0.15, 0.2) is 54.0 Å². The van der Waals surface area contributed by atoms with Gasteiger partial charge >= 0.3 is 5.97 Å². The summed E-state index contributed by atoms with van der Waals surface area (Å²) in [5.74, 6) is -2.09. The smallest absolute Gasteiger partial charge is 0.340 e. The highest BCUT2D eigenvalue weighted by Gasteiger charge is 2.45. The number of ketones is 1. The summed E-state index contributed by atoms with van der Waals surface area (Å²) in [6.07, 6.45) is 8.16. The van der Waals surface area contributed by atoms with Crippen LogP contribution in [-0.2, 0) is 18.7 Å². The maximum absolute atomic E-state index is 13.0. The second-order valence-electron chi connectivity index (χ2n) is 9.54. The molecule has 1 heterocycles. The van der Waals surface area contributed by atoms with Gasteiger partial charge in [-0.25, -0.2) is 4.79 Å². The number of ether oxygens (including phenoxy) is 2. The van der Waals surface area contributed by atoms with E-state index in [0.717, 1.165) is 17.7 Å². The van der Waals surface area contributed by atoms with E-state index in [0.29, 0.717) is 12.0 Å². The van der Waals surface area contributed by atoms with Gasteiger partial charge < -0.3 is 13.9 Å². The van der Waals surface area contributed by atoms with Gasteiger partial charge in [0.05, 0.1) is 5.56 Å². The number of hydrogen-bond donors (Lipinski definition) is 0. The molecule has 0 bridgehead atoms. The Kier molecular flexibility index (Phi) is 9.11. The largest absolute Gasteiger partial charge is 0.423 e. The zero-order chi connectivity index (χ0) is 24.0. The zero-order valence-electron chi connectivity index (χ0n) is 20.1. The van der Waals surface area contributed by atoms with Crippen LogP contribution in [0.3, 0.4) is 0 Å². The van der Waals surface area contributed by atoms with E-state index in [9.17, 15) is 9.59 Å². The summed E-state index contributed by atoms with van der Waals surface area (Å²) in [6, 6.07) is 7.21. The monoisotopic (exact) mass is 476 g/mol. The van der Waals surface area contributed by atoms with Crippen LogP contribution in [0.5, 0.6) is 0 Å². The van der Waals surface area contributed by atoms with Gasteiger partial charge in [0, 0.05) is 4.90 Å². The van der Waals surface area contributed by atoms with E-state index >= 15 is 0 Å². The molecule has 0 aliphatic carbocycles. The molecule has 5 nitrogen and oxygen atoms in total. The van der Waals surface area contributed by atoms with Gasteiger partial charge in [0.1, 0.15) is 12.7 Å². The number of thioether (sulfide) groups is 1. The fourth-order valence-corrected chi connectivity index (χ4v) is 4.32. The number of carbonyl (C=O) groups is 2. The van der Waals surface area contributed by atoms with Crippen LogP contribution in [0.25, 0.3) is 0 Å². The van der Waals surface area contributed by atoms with Crippen molar-refractivity contribution in [1.29, 1.82) is 0 Å². The van der Waals surface area contributed by atoms with Crippen LogP contribution >= 0.6 is 11.8 Å². The van der Waals surface area contributed by atoms with Crippen LogP contribution in [-0.4, -0.2) is 44.8 Å². The zero-order valence-corrected chi connectivity index (χ0v) is 21.9. The molecule has 2 atom stereocenters. The highest BCUT2D eigenvalue weighted by Crippen LogP contribution is 2.38. The number of rotatable bonds is 10.